The molecule has 0 aromatic heterocycles. The minimum absolute atomic E-state index is 0.121. The fourth-order valence-corrected chi connectivity index (χ4v) is 3.08. The highest BCUT2D eigenvalue weighted by atomic mass is 19.3. The molecule has 1 rings (SSSR count). The lowest BCUT2D eigenvalue weighted by molar-refractivity contribution is -0.148. The molecule has 7 heteroatoms. The molecule has 0 bridgehead atoms. The lowest BCUT2D eigenvalue weighted by Gasteiger charge is -2.22. The van der Waals surface area contributed by atoms with Crippen LogP contribution in [0.15, 0.2) is 12.2 Å². The van der Waals surface area contributed by atoms with Crippen LogP contribution < -0.4 is 0 Å². The molecular weight excluding hydrogens is 368 g/mol. The minimum atomic E-state index is -3.37. The highest BCUT2D eigenvalue weighted by Crippen LogP contribution is 2.34. The number of methoxy groups -OCH3 is 1. The van der Waals surface area contributed by atoms with Crippen LogP contribution in [0.5, 0.6) is 0 Å². The average Bonchev–Trinajstić information content (AvgIpc) is 2.89. The Kier molecular flexibility index (Phi) is 10.2. The fraction of sp³-hybridized carbons (Fsp3) is 0.714. The van der Waals surface area contributed by atoms with Gasteiger partial charge in [-0.15, -0.1) is 11.8 Å². The quantitative estimate of drug-likeness (QED) is 0.251. The second-order valence-corrected chi connectivity index (χ2v) is 7.20. The number of nitrogens with zero attached hydrogens (tertiary/aromatic N) is 1. The second-order valence-electron chi connectivity index (χ2n) is 7.20. The zero-order chi connectivity index (χ0) is 21.2. The van der Waals surface area contributed by atoms with Crippen molar-refractivity contribution in [3.63, 3.8) is 0 Å². The molecule has 1 aliphatic heterocycles. The number of amides is 1. The maximum atomic E-state index is 13.9. The molecule has 1 saturated heterocycles. The molecule has 0 aromatic rings. The molecule has 158 valence electrons. The zero-order valence-electron chi connectivity index (χ0n) is 16.9. The van der Waals surface area contributed by atoms with Crippen molar-refractivity contribution in [2.75, 3.05) is 13.7 Å². The van der Waals surface area contributed by atoms with Crippen LogP contribution >= 0.6 is 0 Å². The van der Waals surface area contributed by atoms with Crippen LogP contribution in [0.3, 0.4) is 0 Å². The smallest absolute Gasteiger partial charge is 0.327 e. The Bertz CT molecular complexity index is 609. The van der Waals surface area contributed by atoms with Gasteiger partial charge < -0.3 is 14.7 Å². The molecule has 0 aliphatic carbocycles. The first-order valence-corrected chi connectivity index (χ1v) is 9.74. The van der Waals surface area contributed by atoms with Crippen molar-refractivity contribution >= 4 is 11.9 Å². The molecule has 0 spiro atoms. The van der Waals surface area contributed by atoms with Gasteiger partial charge in [0.2, 0.25) is 0 Å². The molecule has 28 heavy (non-hydrogen) atoms. The van der Waals surface area contributed by atoms with Crippen LogP contribution in [-0.2, 0) is 14.3 Å². The number of hydrogen-bond donors (Lipinski definition) is 1. The second kappa shape index (κ2) is 11.8. The van der Waals surface area contributed by atoms with Crippen molar-refractivity contribution in [3.05, 3.63) is 12.2 Å². The highest BCUT2D eigenvalue weighted by molar-refractivity contribution is 5.86. The van der Waals surface area contributed by atoms with Crippen molar-refractivity contribution < 1.29 is 28.2 Å². The van der Waals surface area contributed by atoms with Gasteiger partial charge in [-0.25, -0.2) is 0 Å². The van der Waals surface area contributed by atoms with Gasteiger partial charge in [0.05, 0.1) is 19.3 Å². The van der Waals surface area contributed by atoms with E-state index in [0.29, 0.717) is 25.7 Å². The number of carbonyl (C=O) groups is 2. The SMILES string of the molecule is CC#CC[C@@H](C)[C@H](O)C=CC1CC(F)(F)C(=O)N1CCCCCCC(=O)OC. The summed E-state index contributed by atoms with van der Waals surface area (Å²) in [5, 5.41) is 10.1. The van der Waals surface area contributed by atoms with Crippen molar-refractivity contribution in [2.45, 2.75) is 76.9 Å². The van der Waals surface area contributed by atoms with Gasteiger partial charge in [-0.2, -0.15) is 8.78 Å². The van der Waals surface area contributed by atoms with E-state index < -0.39 is 30.4 Å². The van der Waals surface area contributed by atoms with Gasteiger partial charge in [0.15, 0.2) is 0 Å². The first kappa shape index (κ1) is 24.1. The number of esters is 1. The zero-order valence-corrected chi connectivity index (χ0v) is 16.9. The molecule has 1 heterocycles. The molecule has 5 nitrogen and oxygen atoms in total. The Balaban J connectivity index is 2.55. The monoisotopic (exact) mass is 399 g/mol. The maximum Gasteiger partial charge on any atom is 0.327 e. The number of hydrogen-bond acceptors (Lipinski definition) is 4. The number of aliphatic hydroxyl groups excluding tert-OH is 1. The summed E-state index contributed by atoms with van der Waals surface area (Å²) in [6, 6.07) is -0.725. The predicted molar refractivity (Wildman–Crippen MR) is 103 cm³/mol. The third-order valence-electron chi connectivity index (χ3n) is 4.91. The normalized spacial score (nSPS) is 20.7. The topological polar surface area (TPSA) is 66.8 Å². The van der Waals surface area contributed by atoms with Gasteiger partial charge in [-0.1, -0.05) is 31.9 Å². The van der Waals surface area contributed by atoms with Gasteiger partial charge in [0, 0.05) is 25.8 Å². The number of unbranched alkanes of at least 4 members (excludes halogenated alkanes) is 3. The third kappa shape index (κ3) is 7.59. The lowest BCUT2D eigenvalue weighted by Crippen LogP contribution is -2.36. The molecule has 1 unspecified atom stereocenters. The van der Waals surface area contributed by atoms with Gasteiger partial charge >= 0.3 is 11.9 Å². The van der Waals surface area contributed by atoms with E-state index in [1.165, 1.54) is 24.2 Å². The summed E-state index contributed by atoms with van der Waals surface area (Å²) in [6.45, 7) is 3.78. The standard InChI is InChI=1S/C21H31F2NO4/c1-4-5-10-16(2)18(25)13-12-17-15-21(22,23)20(27)24(17)14-9-7-6-8-11-19(26)28-3/h12-13,16-18,25H,6-11,14-15H2,1-3H3/t16-,17?,18-/m1/s1. The lowest BCUT2D eigenvalue weighted by atomic mass is 10.00. The Labute approximate surface area is 166 Å². The Morgan fingerprint density at radius 1 is 1.39 bits per heavy atom. The van der Waals surface area contributed by atoms with E-state index in [1.807, 2.05) is 6.92 Å². The predicted octanol–water partition coefficient (Wildman–Crippen LogP) is 3.31. The van der Waals surface area contributed by atoms with Crippen LogP contribution in [0.4, 0.5) is 8.78 Å². The molecule has 1 N–H and O–H groups in total. The van der Waals surface area contributed by atoms with Crippen molar-refractivity contribution in [2.24, 2.45) is 5.92 Å². The first-order valence-electron chi connectivity index (χ1n) is 9.74. The van der Waals surface area contributed by atoms with E-state index in [0.717, 1.165) is 12.8 Å². The van der Waals surface area contributed by atoms with Gasteiger partial charge in [0.25, 0.3) is 5.91 Å². The van der Waals surface area contributed by atoms with Gasteiger partial charge in [-0.3, -0.25) is 9.59 Å². The molecular formula is C21H31F2NO4. The summed E-state index contributed by atoms with van der Waals surface area (Å²) in [4.78, 5) is 24.3. The van der Waals surface area contributed by atoms with E-state index in [-0.39, 0.29) is 18.4 Å². The molecule has 1 amide bonds. The maximum absolute atomic E-state index is 13.9. The van der Waals surface area contributed by atoms with E-state index in [4.69, 9.17) is 0 Å². The summed E-state index contributed by atoms with van der Waals surface area (Å²) in [6.07, 6.45) is 5.23. The van der Waals surface area contributed by atoms with E-state index in [2.05, 4.69) is 16.6 Å². The van der Waals surface area contributed by atoms with Crippen LogP contribution in [0, 0.1) is 17.8 Å². The number of alkyl halides is 2. The number of likely N-dealkylation sites (tertiary alicyclic amines) is 1. The van der Waals surface area contributed by atoms with Crippen molar-refractivity contribution in [1.82, 2.24) is 4.90 Å². The average molecular weight is 399 g/mol. The van der Waals surface area contributed by atoms with Crippen LogP contribution in [-0.4, -0.2) is 53.6 Å². The summed E-state index contributed by atoms with van der Waals surface area (Å²) < 4.78 is 32.3. The number of halogens is 2. The van der Waals surface area contributed by atoms with E-state index in [9.17, 15) is 23.5 Å². The van der Waals surface area contributed by atoms with Crippen molar-refractivity contribution in [3.8, 4) is 11.8 Å². The molecule has 0 radical (unpaired) electrons. The molecule has 0 aromatic carbocycles. The van der Waals surface area contributed by atoms with E-state index in [1.54, 1.807) is 6.92 Å². The molecule has 0 saturated carbocycles. The summed E-state index contributed by atoms with van der Waals surface area (Å²) in [7, 11) is 1.34. The van der Waals surface area contributed by atoms with Gasteiger partial charge in [-0.05, 0) is 25.7 Å². The van der Waals surface area contributed by atoms with Crippen molar-refractivity contribution in [1.29, 1.82) is 0 Å². The van der Waals surface area contributed by atoms with Crippen LogP contribution in [0.1, 0.15) is 58.8 Å². The van der Waals surface area contributed by atoms with E-state index >= 15 is 0 Å². The summed E-state index contributed by atoms with van der Waals surface area (Å²) in [5.41, 5.74) is 0. The molecule has 1 fully saturated rings. The first-order chi connectivity index (χ1) is 13.2. The Morgan fingerprint density at radius 3 is 2.71 bits per heavy atom. The summed E-state index contributed by atoms with van der Waals surface area (Å²) >= 11 is 0. The van der Waals surface area contributed by atoms with Crippen LogP contribution in [0.2, 0.25) is 0 Å². The van der Waals surface area contributed by atoms with Crippen LogP contribution in [0.25, 0.3) is 0 Å². The largest absolute Gasteiger partial charge is 0.469 e. The Morgan fingerprint density at radius 2 is 2.07 bits per heavy atom. The molecule has 1 aliphatic rings. The number of aliphatic hydroxyl groups is 1. The number of carbonyl (C=O) groups excluding carboxylic acids is 2. The summed E-state index contributed by atoms with van der Waals surface area (Å²) in [5.74, 6) is 0.728. The highest BCUT2D eigenvalue weighted by Gasteiger charge is 2.52. The Hall–Kier alpha value is -1.94. The van der Waals surface area contributed by atoms with Gasteiger partial charge in [0.1, 0.15) is 0 Å². The number of rotatable bonds is 11. The molecule has 3 atom stereocenters. The third-order valence-corrected chi connectivity index (χ3v) is 4.91. The minimum Gasteiger partial charge on any atom is -0.469 e. The number of ether oxygens (including phenoxy) is 1. The fourth-order valence-electron chi connectivity index (χ4n) is 3.08.